The van der Waals surface area contributed by atoms with Crippen LogP contribution in [0, 0.1) is 6.92 Å². The number of aryl methyl sites for hydroxylation is 1. The van der Waals surface area contributed by atoms with Gasteiger partial charge < -0.3 is 24.1 Å². The summed E-state index contributed by atoms with van der Waals surface area (Å²) in [6.45, 7) is 8.36. The number of fused-ring (bicyclic) bond motifs is 1. The fraction of sp³-hybridized carbons (Fsp3) is 0.423. The maximum Gasteiger partial charge on any atom is 0.232 e. The fourth-order valence-corrected chi connectivity index (χ4v) is 4.17. The third kappa shape index (κ3) is 4.93. The molecular formula is C26H33NO6. The van der Waals surface area contributed by atoms with Gasteiger partial charge >= 0.3 is 0 Å². The van der Waals surface area contributed by atoms with Crippen molar-refractivity contribution in [2.45, 2.75) is 40.2 Å². The summed E-state index contributed by atoms with van der Waals surface area (Å²) in [5, 5.41) is 10.7. The van der Waals surface area contributed by atoms with Crippen LogP contribution in [0.2, 0.25) is 0 Å². The zero-order valence-electron chi connectivity index (χ0n) is 20.3. The van der Waals surface area contributed by atoms with Crippen molar-refractivity contribution in [3.63, 3.8) is 0 Å². The smallest absolute Gasteiger partial charge is 0.232 e. The standard InChI is InChI=1S/C26H33NO6/c1-7-9-27(10-8-2)15-18-19(28)11-16(3)24-25(29)23(33-26(18)24)13-17-12-21(31-5)22(32-6)14-20(17)30-4/h11-14,28H,7-10,15H2,1-6H3/b23-13+. The topological polar surface area (TPSA) is 77.5 Å². The number of carbonyl (C=O) groups is 1. The number of methoxy groups -OCH3 is 3. The monoisotopic (exact) mass is 455 g/mol. The zero-order chi connectivity index (χ0) is 24.1. The minimum absolute atomic E-state index is 0.140. The molecule has 0 spiro atoms. The molecule has 2 aromatic rings. The first-order valence-corrected chi connectivity index (χ1v) is 11.2. The summed E-state index contributed by atoms with van der Waals surface area (Å²) in [6, 6.07) is 5.08. The van der Waals surface area contributed by atoms with Crippen molar-refractivity contribution < 1.29 is 28.8 Å². The number of hydrogen-bond donors (Lipinski definition) is 1. The van der Waals surface area contributed by atoms with Gasteiger partial charge in [-0.1, -0.05) is 13.8 Å². The molecule has 1 N–H and O–H groups in total. The molecule has 0 bridgehead atoms. The largest absolute Gasteiger partial charge is 0.507 e. The van der Waals surface area contributed by atoms with Gasteiger partial charge in [0.15, 0.2) is 17.3 Å². The van der Waals surface area contributed by atoms with Crippen LogP contribution in [0.3, 0.4) is 0 Å². The van der Waals surface area contributed by atoms with Gasteiger partial charge in [-0.25, -0.2) is 0 Å². The van der Waals surface area contributed by atoms with Crippen molar-refractivity contribution in [2.75, 3.05) is 34.4 Å². The Morgan fingerprint density at radius 1 is 0.970 bits per heavy atom. The molecule has 1 heterocycles. The summed E-state index contributed by atoms with van der Waals surface area (Å²) in [7, 11) is 4.64. The van der Waals surface area contributed by atoms with E-state index in [2.05, 4.69) is 18.7 Å². The Labute approximate surface area is 195 Å². The van der Waals surface area contributed by atoms with Crippen LogP contribution in [-0.4, -0.2) is 50.2 Å². The average molecular weight is 456 g/mol. The van der Waals surface area contributed by atoms with Gasteiger partial charge in [0.05, 0.1) is 32.5 Å². The maximum atomic E-state index is 13.3. The van der Waals surface area contributed by atoms with Gasteiger partial charge in [0.25, 0.3) is 0 Å². The van der Waals surface area contributed by atoms with Gasteiger partial charge in [-0.2, -0.15) is 0 Å². The van der Waals surface area contributed by atoms with E-state index in [1.54, 1.807) is 52.5 Å². The lowest BCUT2D eigenvalue weighted by molar-refractivity contribution is 0.101. The maximum absolute atomic E-state index is 13.3. The number of hydrogen-bond acceptors (Lipinski definition) is 7. The lowest BCUT2D eigenvalue weighted by atomic mass is 9.99. The first-order chi connectivity index (χ1) is 15.9. The Morgan fingerprint density at radius 2 is 1.58 bits per heavy atom. The average Bonchev–Trinajstić information content (AvgIpc) is 3.12. The number of carbonyl (C=O) groups excluding carboxylic acids is 1. The van der Waals surface area contributed by atoms with Gasteiger partial charge in [0.1, 0.15) is 17.2 Å². The highest BCUT2D eigenvalue weighted by atomic mass is 16.5. The number of phenols is 1. The number of nitrogens with zero attached hydrogens (tertiary/aromatic N) is 1. The van der Waals surface area contributed by atoms with Crippen LogP contribution < -0.4 is 18.9 Å². The highest BCUT2D eigenvalue weighted by Crippen LogP contribution is 2.43. The molecule has 178 valence electrons. The van der Waals surface area contributed by atoms with E-state index in [0.29, 0.717) is 51.8 Å². The summed E-state index contributed by atoms with van der Waals surface area (Å²) in [5.41, 5.74) is 2.42. The first-order valence-electron chi connectivity index (χ1n) is 11.2. The first kappa shape index (κ1) is 24.5. The summed E-state index contributed by atoms with van der Waals surface area (Å²) < 4.78 is 22.3. The number of ketones is 1. The van der Waals surface area contributed by atoms with Crippen molar-refractivity contribution in [1.82, 2.24) is 4.90 Å². The Kier molecular flexibility index (Phi) is 7.87. The van der Waals surface area contributed by atoms with E-state index in [9.17, 15) is 9.90 Å². The molecule has 0 atom stereocenters. The molecule has 3 rings (SSSR count). The van der Waals surface area contributed by atoms with Crippen LogP contribution in [0.4, 0.5) is 0 Å². The van der Waals surface area contributed by atoms with E-state index >= 15 is 0 Å². The summed E-state index contributed by atoms with van der Waals surface area (Å²) >= 11 is 0. The highest BCUT2D eigenvalue weighted by Gasteiger charge is 2.34. The van der Waals surface area contributed by atoms with Crippen molar-refractivity contribution in [3.05, 3.63) is 46.2 Å². The van der Waals surface area contributed by atoms with Gasteiger partial charge in [0, 0.05) is 18.2 Å². The Bertz CT molecular complexity index is 1050. The molecule has 0 saturated carbocycles. The molecule has 0 saturated heterocycles. The fourth-order valence-electron chi connectivity index (χ4n) is 4.17. The molecule has 1 aliphatic rings. The second kappa shape index (κ2) is 10.6. The van der Waals surface area contributed by atoms with Crippen molar-refractivity contribution in [1.29, 1.82) is 0 Å². The molecule has 0 unspecified atom stereocenters. The minimum atomic E-state index is -0.224. The van der Waals surface area contributed by atoms with Crippen molar-refractivity contribution in [2.24, 2.45) is 0 Å². The van der Waals surface area contributed by atoms with Crippen molar-refractivity contribution in [3.8, 4) is 28.7 Å². The lowest BCUT2D eigenvalue weighted by Gasteiger charge is -2.22. The quantitative estimate of drug-likeness (QED) is 0.507. The summed E-state index contributed by atoms with van der Waals surface area (Å²) in [5.74, 6) is 2.07. The SMILES string of the molecule is CCCN(CCC)Cc1c(O)cc(C)c2c1O/C(=C/c1cc(OC)c(OC)cc1OC)C2=O. The molecule has 7 nitrogen and oxygen atoms in total. The molecule has 0 fully saturated rings. The molecule has 0 amide bonds. The normalized spacial score (nSPS) is 13.9. The second-order valence-corrected chi connectivity index (χ2v) is 8.06. The van der Waals surface area contributed by atoms with Crippen LogP contribution in [0.25, 0.3) is 6.08 Å². The molecule has 0 aliphatic carbocycles. The number of Topliss-reactive ketones (excluding diaryl/α,β-unsaturated/α-hetero) is 1. The van der Waals surface area contributed by atoms with Crippen LogP contribution in [-0.2, 0) is 6.54 Å². The number of aromatic hydroxyl groups is 1. The Balaban J connectivity index is 2.06. The number of allylic oxidation sites excluding steroid dienone is 1. The molecular weight excluding hydrogens is 422 g/mol. The van der Waals surface area contributed by atoms with E-state index in [4.69, 9.17) is 18.9 Å². The summed E-state index contributed by atoms with van der Waals surface area (Å²) in [6.07, 6.45) is 3.64. The van der Waals surface area contributed by atoms with Crippen LogP contribution >= 0.6 is 0 Å². The minimum Gasteiger partial charge on any atom is -0.507 e. The van der Waals surface area contributed by atoms with Crippen LogP contribution in [0.5, 0.6) is 28.7 Å². The molecule has 0 radical (unpaired) electrons. The molecule has 2 aromatic carbocycles. The molecule has 0 aromatic heterocycles. The predicted octanol–water partition coefficient (Wildman–Crippen LogP) is 4.96. The predicted molar refractivity (Wildman–Crippen MR) is 128 cm³/mol. The second-order valence-electron chi connectivity index (χ2n) is 8.06. The van der Waals surface area contributed by atoms with Crippen LogP contribution in [0.15, 0.2) is 24.0 Å². The van der Waals surface area contributed by atoms with Gasteiger partial charge in [0.2, 0.25) is 5.78 Å². The summed E-state index contributed by atoms with van der Waals surface area (Å²) in [4.78, 5) is 15.6. The van der Waals surface area contributed by atoms with Gasteiger partial charge in [-0.15, -0.1) is 0 Å². The third-order valence-corrected chi connectivity index (χ3v) is 5.70. The lowest BCUT2D eigenvalue weighted by Crippen LogP contribution is -2.25. The molecule has 33 heavy (non-hydrogen) atoms. The van der Waals surface area contributed by atoms with Gasteiger partial charge in [-0.3, -0.25) is 9.69 Å². The van der Waals surface area contributed by atoms with E-state index in [-0.39, 0.29) is 17.3 Å². The van der Waals surface area contributed by atoms with Gasteiger partial charge in [-0.05, 0) is 56.6 Å². The number of phenolic OH excluding ortho intramolecular Hbond substituents is 1. The number of benzene rings is 2. The van der Waals surface area contributed by atoms with Crippen LogP contribution in [0.1, 0.15) is 53.7 Å². The molecule has 1 aliphatic heterocycles. The molecule has 7 heteroatoms. The third-order valence-electron chi connectivity index (χ3n) is 5.70. The zero-order valence-corrected chi connectivity index (χ0v) is 20.3. The number of ether oxygens (including phenoxy) is 4. The van der Waals surface area contributed by atoms with E-state index < -0.39 is 0 Å². The van der Waals surface area contributed by atoms with Crippen molar-refractivity contribution >= 4 is 11.9 Å². The van der Waals surface area contributed by atoms with E-state index in [0.717, 1.165) is 25.9 Å². The Hall–Kier alpha value is -3.19. The van der Waals surface area contributed by atoms with E-state index in [1.807, 2.05) is 0 Å². The van der Waals surface area contributed by atoms with E-state index in [1.165, 1.54) is 0 Å². The number of rotatable bonds is 10. The Morgan fingerprint density at radius 3 is 2.15 bits per heavy atom. The highest BCUT2D eigenvalue weighted by molar-refractivity contribution is 6.16.